The Kier molecular flexibility index (Phi) is 6.69. The maximum Gasteiger partial charge on any atom is 0.309 e. The largest absolute Gasteiger partial charge is 0.497 e. The summed E-state index contributed by atoms with van der Waals surface area (Å²) in [6.07, 6.45) is 2.20. The number of ether oxygens (including phenoxy) is 3. The van der Waals surface area contributed by atoms with Gasteiger partial charge in [-0.25, -0.2) is 0 Å². The van der Waals surface area contributed by atoms with Gasteiger partial charge in [-0.1, -0.05) is 13.3 Å². The van der Waals surface area contributed by atoms with Gasteiger partial charge in [0.2, 0.25) is 0 Å². The third-order valence-corrected chi connectivity index (χ3v) is 2.40. The van der Waals surface area contributed by atoms with Gasteiger partial charge in [-0.05, 0) is 30.7 Å². The standard InChI is InChI=1S/C14H20O4/c1-3-4-10-18-14(15)9-11-17-13-7-5-12(16-2)6-8-13/h5-8H,3-4,9-11H2,1-2H3. The first-order valence-electron chi connectivity index (χ1n) is 6.18. The molecule has 1 aromatic rings. The van der Waals surface area contributed by atoms with Crippen molar-refractivity contribution in [3.8, 4) is 11.5 Å². The molecule has 0 bridgehead atoms. The fraction of sp³-hybridized carbons (Fsp3) is 0.500. The fourth-order valence-corrected chi connectivity index (χ4v) is 1.33. The van der Waals surface area contributed by atoms with Crippen LogP contribution in [0.3, 0.4) is 0 Å². The summed E-state index contributed by atoms with van der Waals surface area (Å²) in [5, 5.41) is 0. The molecule has 0 unspecified atom stereocenters. The van der Waals surface area contributed by atoms with Crippen LogP contribution in [0, 0.1) is 0 Å². The van der Waals surface area contributed by atoms with Gasteiger partial charge in [-0.3, -0.25) is 4.79 Å². The van der Waals surface area contributed by atoms with Gasteiger partial charge in [-0.15, -0.1) is 0 Å². The molecule has 0 aliphatic heterocycles. The Balaban J connectivity index is 2.18. The van der Waals surface area contributed by atoms with Gasteiger partial charge < -0.3 is 14.2 Å². The van der Waals surface area contributed by atoms with Crippen LogP contribution in [0.15, 0.2) is 24.3 Å². The third kappa shape index (κ3) is 5.57. The zero-order chi connectivity index (χ0) is 13.2. The number of unbranched alkanes of at least 4 members (excludes halogenated alkanes) is 1. The SMILES string of the molecule is CCCCOC(=O)CCOc1ccc(OC)cc1. The molecule has 0 aliphatic rings. The first-order chi connectivity index (χ1) is 8.76. The summed E-state index contributed by atoms with van der Waals surface area (Å²) in [5.74, 6) is 1.29. The summed E-state index contributed by atoms with van der Waals surface area (Å²) >= 11 is 0. The Morgan fingerprint density at radius 2 is 1.78 bits per heavy atom. The second kappa shape index (κ2) is 8.39. The zero-order valence-corrected chi connectivity index (χ0v) is 11.0. The van der Waals surface area contributed by atoms with E-state index < -0.39 is 0 Å². The van der Waals surface area contributed by atoms with Gasteiger partial charge >= 0.3 is 5.97 Å². The minimum atomic E-state index is -0.211. The molecule has 0 atom stereocenters. The van der Waals surface area contributed by atoms with Crippen LogP contribution >= 0.6 is 0 Å². The minimum Gasteiger partial charge on any atom is -0.497 e. The molecule has 0 amide bonds. The Hall–Kier alpha value is -1.71. The number of methoxy groups -OCH3 is 1. The molecular formula is C14H20O4. The average molecular weight is 252 g/mol. The fourth-order valence-electron chi connectivity index (χ4n) is 1.33. The lowest BCUT2D eigenvalue weighted by Gasteiger charge is -2.07. The number of esters is 1. The smallest absolute Gasteiger partial charge is 0.309 e. The van der Waals surface area contributed by atoms with Gasteiger partial charge in [0, 0.05) is 0 Å². The Morgan fingerprint density at radius 1 is 1.11 bits per heavy atom. The van der Waals surface area contributed by atoms with Gasteiger partial charge in [0.05, 0.1) is 26.7 Å². The molecule has 0 saturated carbocycles. The van der Waals surface area contributed by atoms with E-state index >= 15 is 0 Å². The molecule has 4 nitrogen and oxygen atoms in total. The molecular weight excluding hydrogens is 232 g/mol. The Labute approximate surface area is 108 Å². The molecule has 4 heteroatoms. The summed E-state index contributed by atoms with van der Waals surface area (Å²) < 4.78 is 15.5. The normalized spacial score (nSPS) is 9.89. The zero-order valence-electron chi connectivity index (χ0n) is 11.0. The summed E-state index contributed by atoms with van der Waals surface area (Å²) in [4.78, 5) is 11.3. The molecule has 0 saturated heterocycles. The van der Waals surface area contributed by atoms with Crippen LogP contribution in [0.4, 0.5) is 0 Å². The molecule has 0 fully saturated rings. The first kappa shape index (κ1) is 14.4. The van der Waals surface area contributed by atoms with E-state index in [0.717, 1.165) is 24.3 Å². The maximum atomic E-state index is 11.3. The Bertz CT molecular complexity index is 345. The van der Waals surface area contributed by atoms with Gasteiger partial charge in [0.15, 0.2) is 0 Å². The van der Waals surface area contributed by atoms with Gasteiger partial charge in [0.25, 0.3) is 0 Å². The van der Waals surface area contributed by atoms with E-state index in [-0.39, 0.29) is 12.4 Å². The molecule has 0 N–H and O–H groups in total. The molecule has 18 heavy (non-hydrogen) atoms. The van der Waals surface area contributed by atoms with Crippen molar-refractivity contribution in [3.05, 3.63) is 24.3 Å². The van der Waals surface area contributed by atoms with Crippen molar-refractivity contribution in [3.63, 3.8) is 0 Å². The molecule has 1 aromatic carbocycles. The quantitative estimate of drug-likeness (QED) is 0.527. The van der Waals surface area contributed by atoms with E-state index in [2.05, 4.69) is 6.92 Å². The van der Waals surface area contributed by atoms with E-state index in [1.54, 1.807) is 19.2 Å². The van der Waals surface area contributed by atoms with E-state index in [9.17, 15) is 4.79 Å². The van der Waals surface area contributed by atoms with Gasteiger partial charge in [-0.2, -0.15) is 0 Å². The van der Waals surface area contributed by atoms with Crippen LogP contribution in [0.5, 0.6) is 11.5 Å². The van der Waals surface area contributed by atoms with E-state index in [4.69, 9.17) is 14.2 Å². The van der Waals surface area contributed by atoms with Crippen LogP contribution in [-0.2, 0) is 9.53 Å². The van der Waals surface area contributed by atoms with Crippen LogP contribution in [0.25, 0.3) is 0 Å². The minimum absolute atomic E-state index is 0.211. The molecule has 100 valence electrons. The van der Waals surface area contributed by atoms with E-state index in [1.165, 1.54) is 0 Å². The van der Waals surface area contributed by atoms with Crippen molar-refractivity contribution in [1.82, 2.24) is 0 Å². The van der Waals surface area contributed by atoms with Crippen molar-refractivity contribution >= 4 is 5.97 Å². The van der Waals surface area contributed by atoms with Crippen LogP contribution < -0.4 is 9.47 Å². The summed E-state index contributed by atoms with van der Waals surface area (Å²) in [6.45, 7) is 2.88. The topological polar surface area (TPSA) is 44.8 Å². The molecule has 1 rings (SSSR count). The molecule has 0 aliphatic carbocycles. The summed E-state index contributed by atoms with van der Waals surface area (Å²) in [6, 6.07) is 7.24. The van der Waals surface area contributed by atoms with Crippen molar-refractivity contribution in [1.29, 1.82) is 0 Å². The monoisotopic (exact) mass is 252 g/mol. The van der Waals surface area contributed by atoms with Crippen LogP contribution in [0.2, 0.25) is 0 Å². The predicted octanol–water partition coefficient (Wildman–Crippen LogP) is 2.81. The van der Waals surface area contributed by atoms with Crippen LogP contribution in [-0.4, -0.2) is 26.3 Å². The Morgan fingerprint density at radius 3 is 2.39 bits per heavy atom. The highest BCUT2D eigenvalue weighted by molar-refractivity contribution is 5.69. The van der Waals surface area contributed by atoms with Crippen molar-refractivity contribution < 1.29 is 19.0 Å². The highest BCUT2D eigenvalue weighted by Gasteiger charge is 2.03. The van der Waals surface area contributed by atoms with Crippen molar-refractivity contribution in [2.24, 2.45) is 0 Å². The number of benzene rings is 1. The number of hydrogen-bond donors (Lipinski definition) is 0. The lowest BCUT2D eigenvalue weighted by molar-refractivity contribution is -0.144. The maximum absolute atomic E-state index is 11.3. The predicted molar refractivity (Wildman–Crippen MR) is 69.0 cm³/mol. The number of hydrogen-bond acceptors (Lipinski definition) is 4. The lowest BCUT2D eigenvalue weighted by atomic mass is 10.3. The molecule has 0 radical (unpaired) electrons. The first-order valence-corrected chi connectivity index (χ1v) is 6.18. The van der Waals surface area contributed by atoms with E-state index in [0.29, 0.717) is 13.2 Å². The number of rotatable bonds is 8. The second-order valence-electron chi connectivity index (χ2n) is 3.85. The second-order valence-corrected chi connectivity index (χ2v) is 3.85. The van der Waals surface area contributed by atoms with Gasteiger partial charge in [0.1, 0.15) is 11.5 Å². The summed E-state index contributed by atoms with van der Waals surface area (Å²) in [5.41, 5.74) is 0. The highest BCUT2D eigenvalue weighted by atomic mass is 16.5. The van der Waals surface area contributed by atoms with Crippen molar-refractivity contribution in [2.45, 2.75) is 26.2 Å². The summed E-state index contributed by atoms with van der Waals surface area (Å²) in [7, 11) is 1.61. The number of carbonyl (C=O) groups is 1. The number of carbonyl (C=O) groups excluding carboxylic acids is 1. The van der Waals surface area contributed by atoms with E-state index in [1.807, 2.05) is 12.1 Å². The lowest BCUT2D eigenvalue weighted by Crippen LogP contribution is -2.10. The molecule has 0 aromatic heterocycles. The van der Waals surface area contributed by atoms with Crippen molar-refractivity contribution in [2.75, 3.05) is 20.3 Å². The molecule has 0 heterocycles. The third-order valence-electron chi connectivity index (χ3n) is 2.40. The van der Waals surface area contributed by atoms with Crippen LogP contribution in [0.1, 0.15) is 26.2 Å². The highest BCUT2D eigenvalue weighted by Crippen LogP contribution is 2.17. The molecule has 0 spiro atoms. The average Bonchev–Trinajstić information content (AvgIpc) is 2.40.